The molecule has 0 aliphatic carbocycles. The molecule has 0 saturated carbocycles. The molecule has 2 N–H and O–H groups in total. The first-order chi connectivity index (χ1) is 11.1. The third-order valence-corrected chi connectivity index (χ3v) is 3.18. The maximum atomic E-state index is 11.6. The van der Waals surface area contributed by atoms with Gasteiger partial charge in [-0.2, -0.15) is 5.10 Å². The lowest BCUT2D eigenvalue weighted by Crippen LogP contribution is -2.37. The summed E-state index contributed by atoms with van der Waals surface area (Å²) in [6.07, 6.45) is 3.04. The zero-order valence-electron chi connectivity index (χ0n) is 12.9. The molecule has 0 saturated heterocycles. The average molecular weight is 313 g/mol. The topological polar surface area (TPSA) is 83.7 Å². The lowest BCUT2D eigenvalue weighted by atomic mass is 10.1. The Morgan fingerprint density at radius 1 is 1.09 bits per heavy atom. The van der Waals surface area contributed by atoms with Gasteiger partial charge in [0.05, 0.1) is 12.8 Å². The van der Waals surface area contributed by atoms with Gasteiger partial charge in [0.25, 0.3) is 0 Å². The van der Waals surface area contributed by atoms with Gasteiger partial charge >= 0.3 is 11.8 Å². The van der Waals surface area contributed by atoms with Crippen LogP contribution in [0.4, 0.5) is 0 Å². The second-order valence-corrected chi connectivity index (χ2v) is 5.04. The van der Waals surface area contributed by atoms with Gasteiger partial charge in [-0.1, -0.05) is 30.3 Å². The number of nitrogens with one attached hydrogen (secondary N) is 2. The highest BCUT2D eigenvalue weighted by molar-refractivity contribution is 6.35. The number of amides is 2. The van der Waals surface area contributed by atoms with E-state index < -0.39 is 11.8 Å². The molecule has 1 heterocycles. The van der Waals surface area contributed by atoms with Gasteiger partial charge in [0.2, 0.25) is 0 Å². The first kappa shape index (κ1) is 16.5. The van der Waals surface area contributed by atoms with Crippen LogP contribution in [-0.2, 0) is 22.6 Å². The van der Waals surface area contributed by atoms with E-state index in [0.717, 1.165) is 12.1 Å². The van der Waals surface area contributed by atoms with E-state index in [9.17, 15) is 9.59 Å². The molecular weight excluding hydrogens is 294 g/mol. The van der Waals surface area contributed by atoms with Crippen molar-refractivity contribution in [1.29, 1.82) is 0 Å². The number of aryl methyl sites for hydroxylation is 1. The van der Waals surface area contributed by atoms with E-state index in [0.29, 0.717) is 12.2 Å². The highest BCUT2D eigenvalue weighted by atomic mass is 16.3. The lowest BCUT2D eigenvalue weighted by molar-refractivity contribution is -0.139. The van der Waals surface area contributed by atoms with Crippen LogP contribution in [0.1, 0.15) is 24.7 Å². The number of furan rings is 1. The molecule has 23 heavy (non-hydrogen) atoms. The molecule has 0 radical (unpaired) electrons. The van der Waals surface area contributed by atoms with Crippen molar-refractivity contribution < 1.29 is 14.0 Å². The number of carbonyl (C=O) groups excluding carboxylic acids is 2. The van der Waals surface area contributed by atoms with Crippen LogP contribution in [-0.4, -0.2) is 17.5 Å². The molecular formula is C17H19N3O3. The standard InChI is InChI=1S/C17H19N3O3/c1-13(9-10-14-6-3-2-4-7-14)19-20-17(22)16(21)18-12-15-8-5-11-23-15/h2-8,11H,9-10,12H2,1H3,(H,18,21)(H,20,22)/b19-13+. The van der Waals surface area contributed by atoms with Crippen molar-refractivity contribution >= 4 is 17.5 Å². The fraction of sp³-hybridized carbons (Fsp3) is 0.235. The van der Waals surface area contributed by atoms with Crippen LogP contribution in [0.25, 0.3) is 0 Å². The maximum Gasteiger partial charge on any atom is 0.329 e. The number of benzene rings is 1. The van der Waals surface area contributed by atoms with Crippen LogP contribution < -0.4 is 10.7 Å². The van der Waals surface area contributed by atoms with Crippen molar-refractivity contribution in [2.75, 3.05) is 0 Å². The summed E-state index contributed by atoms with van der Waals surface area (Å²) in [6, 6.07) is 13.4. The van der Waals surface area contributed by atoms with E-state index in [2.05, 4.69) is 15.8 Å². The van der Waals surface area contributed by atoms with Gasteiger partial charge < -0.3 is 9.73 Å². The van der Waals surface area contributed by atoms with Gasteiger partial charge in [-0.25, -0.2) is 5.43 Å². The second-order valence-electron chi connectivity index (χ2n) is 5.04. The molecule has 0 bridgehead atoms. The number of hydrazone groups is 1. The zero-order valence-corrected chi connectivity index (χ0v) is 12.9. The largest absolute Gasteiger partial charge is 0.467 e. The molecule has 0 spiro atoms. The minimum Gasteiger partial charge on any atom is -0.467 e. The molecule has 0 aliphatic heterocycles. The van der Waals surface area contributed by atoms with Gasteiger partial charge in [-0.3, -0.25) is 9.59 Å². The van der Waals surface area contributed by atoms with Crippen LogP contribution in [0.2, 0.25) is 0 Å². The Balaban J connectivity index is 1.72. The smallest absolute Gasteiger partial charge is 0.329 e. The number of carbonyl (C=O) groups is 2. The summed E-state index contributed by atoms with van der Waals surface area (Å²) in [4.78, 5) is 23.2. The van der Waals surface area contributed by atoms with Gasteiger partial charge in [-0.05, 0) is 37.5 Å². The molecule has 6 heteroatoms. The van der Waals surface area contributed by atoms with Gasteiger partial charge in [0, 0.05) is 5.71 Å². The van der Waals surface area contributed by atoms with E-state index in [4.69, 9.17) is 4.42 Å². The maximum absolute atomic E-state index is 11.6. The first-order valence-corrected chi connectivity index (χ1v) is 7.33. The van der Waals surface area contributed by atoms with Crippen molar-refractivity contribution in [2.24, 2.45) is 5.10 Å². The van der Waals surface area contributed by atoms with E-state index in [1.54, 1.807) is 12.1 Å². The Morgan fingerprint density at radius 2 is 1.87 bits per heavy atom. The Hall–Kier alpha value is -2.89. The molecule has 1 aromatic carbocycles. The summed E-state index contributed by atoms with van der Waals surface area (Å²) < 4.78 is 5.06. The molecule has 2 amide bonds. The highest BCUT2D eigenvalue weighted by Gasteiger charge is 2.12. The van der Waals surface area contributed by atoms with Crippen molar-refractivity contribution in [3.63, 3.8) is 0 Å². The summed E-state index contributed by atoms with van der Waals surface area (Å²) in [5, 5.41) is 6.39. The monoisotopic (exact) mass is 313 g/mol. The minimum atomic E-state index is -0.796. The Labute approximate surface area is 134 Å². The summed E-state index contributed by atoms with van der Waals surface area (Å²) in [7, 11) is 0. The SMILES string of the molecule is C/C(CCc1ccccc1)=N\NC(=O)C(=O)NCc1ccco1. The number of nitrogens with zero attached hydrogens (tertiary/aromatic N) is 1. The predicted octanol–water partition coefficient (Wildman–Crippen LogP) is 2.02. The summed E-state index contributed by atoms with van der Waals surface area (Å²) >= 11 is 0. The summed E-state index contributed by atoms with van der Waals surface area (Å²) in [5.74, 6) is -0.967. The van der Waals surface area contributed by atoms with Crippen molar-refractivity contribution in [2.45, 2.75) is 26.3 Å². The highest BCUT2D eigenvalue weighted by Crippen LogP contribution is 2.03. The van der Waals surface area contributed by atoms with Crippen molar-refractivity contribution in [1.82, 2.24) is 10.7 Å². The average Bonchev–Trinajstić information content (AvgIpc) is 3.10. The third kappa shape index (κ3) is 5.78. The molecule has 0 fully saturated rings. The van der Waals surface area contributed by atoms with E-state index in [-0.39, 0.29) is 6.54 Å². The van der Waals surface area contributed by atoms with E-state index >= 15 is 0 Å². The Morgan fingerprint density at radius 3 is 2.57 bits per heavy atom. The van der Waals surface area contributed by atoms with Crippen LogP contribution in [0.3, 0.4) is 0 Å². The van der Waals surface area contributed by atoms with Crippen molar-refractivity contribution in [3.8, 4) is 0 Å². The molecule has 2 aromatic rings. The Bertz CT molecular complexity index is 664. The third-order valence-electron chi connectivity index (χ3n) is 3.18. The Kier molecular flexibility index (Phi) is 6.11. The quantitative estimate of drug-likeness (QED) is 0.486. The first-order valence-electron chi connectivity index (χ1n) is 7.33. The molecule has 0 atom stereocenters. The van der Waals surface area contributed by atoms with Crippen LogP contribution in [0, 0.1) is 0 Å². The van der Waals surface area contributed by atoms with Gasteiger partial charge in [0.15, 0.2) is 0 Å². The molecule has 2 rings (SSSR count). The number of hydrogen-bond acceptors (Lipinski definition) is 4. The molecule has 0 aliphatic rings. The van der Waals surface area contributed by atoms with E-state index in [1.807, 2.05) is 37.3 Å². The summed E-state index contributed by atoms with van der Waals surface area (Å²) in [6.45, 7) is 1.97. The summed E-state index contributed by atoms with van der Waals surface area (Å²) in [5.41, 5.74) is 4.20. The van der Waals surface area contributed by atoms with Gasteiger partial charge in [-0.15, -0.1) is 0 Å². The van der Waals surface area contributed by atoms with Crippen LogP contribution in [0.5, 0.6) is 0 Å². The van der Waals surface area contributed by atoms with Crippen LogP contribution in [0.15, 0.2) is 58.2 Å². The zero-order chi connectivity index (χ0) is 16.5. The number of hydrogen-bond donors (Lipinski definition) is 2. The van der Waals surface area contributed by atoms with Crippen molar-refractivity contribution in [3.05, 3.63) is 60.1 Å². The second kappa shape index (κ2) is 8.53. The number of rotatable bonds is 6. The minimum absolute atomic E-state index is 0.163. The molecule has 120 valence electrons. The van der Waals surface area contributed by atoms with E-state index in [1.165, 1.54) is 11.8 Å². The molecule has 6 nitrogen and oxygen atoms in total. The fourth-order valence-corrected chi connectivity index (χ4v) is 1.88. The predicted molar refractivity (Wildman–Crippen MR) is 86.6 cm³/mol. The fourth-order valence-electron chi connectivity index (χ4n) is 1.88. The van der Waals surface area contributed by atoms with Gasteiger partial charge in [0.1, 0.15) is 5.76 Å². The van der Waals surface area contributed by atoms with Crippen LogP contribution >= 0.6 is 0 Å². The normalized spacial score (nSPS) is 11.1. The lowest BCUT2D eigenvalue weighted by Gasteiger charge is -2.04. The molecule has 0 unspecified atom stereocenters. The molecule has 1 aromatic heterocycles.